The molecule has 0 spiro atoms. The van der Waals surface area contributed by atoms with Crippen LogP contribution >= 0.6 is 0 Å². The minimum Gasteiger partial charge on any atom is -0.393 e. The van der Waals surface area contributed by atoms with E-state index in [0.29, 0.717) is 23.7 Å². The van der Waals surface area contributed by atoms with Gasteiger partial charge in [-0.2, -0.15) is 0 Å². The molecule has 10 atom stereocenters. The summed E-state index contributed by atoms with van der Waals surface area (Å²) in [6, 6.07) is 0. The fourth-order valence-electron chi connectivity index (χ4n) is 6.44. The topological polar surface area (TPSA) is 40.5 Å². The lowest BCUT2D eigenvalue weighted by Crippen LogP contribution is -2.51. The molecule has 0 saturated heterocycles. The molecule has 70 valence electrons. The van der Waals surface area contributed by atoms with Crippen molar-refractivity contribution in [2.24, 2.45) is 47.3 Å². The van der Waals surface area contributed by atoms with E-state index in [1.807, 2.05) is 0 Å². The molecule has 2 nitrogen and oxygen atoms in total. The maximum Gasteiger partial charge on any atom is 0.0609 e. The van der Waals surface area contributed by atoms with Crippen LogP contribution in [0.3, 0.4) is 0 Å². The van der Waals surface area contributed by atoms with Gasteiger partial charge in [-0.3, -0.25) is 0 Å². The number of aliphatic hydroxyl groups is 2. The molecule has 5 aliphatic carbocycles. The second-order valence-electron chi connectivity index (χ2n) is 6.01. The van der Waals surface area contributed by atoms with E-state index >= 15 is 0 Å². The highest BCUT2D eigenvalue weighted by Gasteiger charge is 2.83. The first-order valence-electron chi connectivity index (χ1n) is 5.67. The van der Waals surface area contributed by atoms with Gasteiger partial charge in [-0.1, -0.05) is 0 Å². The van der Waals surface area contributed by atoms with Gasteiger partial charge in [0.05, 0.1) is 12.2 Å². The molecule has 0 amide bonds. The van der Waals surface area contributed by atoms with Crippen LogP contribution in [0.2, 0.25) is 0 Å². The Hall–Kier alpha value is -0.0800. The molecule has 0 aromatic heterocycles. The maximum absolute atomic E-state index is 10.1. The van der Waals surface area contributed by atoms with Crippen LogP contribution in [0, 0.1) is 47.3 Å². The van der Waals surface area contributed by atoms with Crippen molar-refractivity contribution in [2.75, 3.05) is 0 Å². The van der Waals surface area contributed by atoms with Crippen LogP contribution in [0.1, 0.15) is 6.42 Å². The van der Waals surface area contributed by atoms with Gasteiger partial charge in [0.15, 0.2) is 0 Å². The van der Waals surface area contributed by atoms with Crippen molar-refractivity contribution in [1.82, 2.24) is 0 Å². The van der Waals surface area contributed by atoms with E-state index in [9.17, 15) is 10.2 Å². The van der Waals surface area contributed by atoms with Crippen molar-refractivity contribution in [2.45, 2.75) is 18.6 Å². The average molecular weight is 178 g/mol. The third-order valence-corrected chi connectivity index (χ3v) is 6.32. The smallest absolute Gasteiger partial charge is 0.0609 e. The van der Waals surface area contributed by atoms with Crippen molar-refractivity contribution in [3.8, 4) is 0 Å². The molecule has 0 heterocycles. The van der Waals surface area contributed by atoms with Gasteiger partial charge in [-0.05, 0) is 53.8 Å². The van der Waals surface area contributed by atoms with Gasteiger partial charge in [0.25, 0.3) is 0 Å². The summed E-state index contributed by atoms with van der Waals surface area (Å²) in [5.41, 5.74) is 0. The second kappa shape index (κ2) is 1.49. The van der Waals surface area contributed by atoms with Crippen LogP contribution in [0.5, 0.6) is 0 Å². The third kappa shape index (κ3) is 0.375. The van der Waals surface area contributed by atoms with Crippen LogP contribution in [0.25, 0.3) is 0 Å². The molecule has 0 radical (unpaired) electrons. The third-order valence-electron chi connectivity index (χ3n) is 6.32. The Labute approximate surface area is 76.9 Å². The lowest BCUT2D eigenvalue weighted by Gasteiger charge is -2.47. The van der Waals surface area contributed by atoms with Crippen LogP contribution in [-0.4, -0.2) is 22.4 Å². The number of rotatable bonds is 0. The molecular weight excluding hydrogens is 164 g/mol. The molecule has 5 rings (SSSR count). The van der Waals surface area contributed by atoms with Gasteiger partial charge in [0, 0.05) is 0 Å². The summed E-state index contributed by atoms with van der Waals surface area (Å²) in [4.78, 5) is 0. The summed E-state index contributed by atoms with van der Waals surface area (Å²) in [5.74, 6) is 5.33. The summed E-state index contributed by atoms with van der Waals surface area (Å²) in [6.45, 7) is 0. The molecule has 5 fully saturated rings. The molecule has 5 saturated carbocycles. The van der Waals surface area contributed by atoms with E-state index in [1.165, 1.54) is 6.42 Å². The summed E-state index contributed by atoms with van der Waals surface area (Å²) in [5, 5.41) is 20.2. The maximum atomic E-state index is 10.1. The summed E-state index contributed by atoms with van der Waals surface area (Å²) >= 11 is 0. The van der Waals surface area contributed by atoms with Gasteiger partial charge >= 0.3 is 0 Å². The Morgan fingerprint density at radius 2 is 1.08 bits per heavy atom. The van der Waals surface area contributed by atoms with Crippen molar-refractivity contribution in [1.29, 1.82) is 0 Å². The van der Waals surface area contributed by atoms with E-state index < -0.39 is 0 Å². The summed E-state index contributed by atoms with van der Waals surface area (Å²) in [7, 11) is 0. The predicted molar refractivity (Wildman–Crippen MR) is 44.6 cm³/mol. The fraction of sp³-hybridized carbons (Fsp3) is 1.00. The first-order chi connectivity index (χ1) is 6.30. The molecule has 0 aromatic rings. The molecular formula is C11H14O2. The van der Waals surface area contributed by atoms with E-state index in [2.05, 4.69) is 0 Å². The van der Waals surface area contributed by atoms with Gasteiger partial charge in [-0.25, -0.2) is 0 Å². The highest BCUT2D eigenvalue weighted by molar-refractivity contribution is 5.30. The first-order valence-corrected chi connectivity index (χ1v) is 5.67. The highest BCUT2D eigenvalue weighted by Crippen LogP contribution is 2.82. The number of hydrogen-bond acceptors (Lipinski definition) is 2. The van der Waals surface area contributed by atoms with Crippen molar-refractivity contribution >= 4 is 0 Å². The normalized spacial score (nSPS) is 85.4. The highest BCUT2D eigenvalue weighted by atomic mass is 16.3. The number of aliphatic hydroxyl groups excluding tert-OH is 2. The Balaban J connectivity index is 1.83. The molecule has 13 heavy (non-hydrogen) atoms. The molecule has 2 bridgehead atoms. The Morgan fingerprint density at radius 1 is 0.615 bits per heavy atom. The van der Waals surface area contributed by atoms with Crippen LogP contribution < -0.4 is 0 Å². The van der Waals surface area contributed by atoms with Crippen LogP contribution in [0.15, 0.2) is 0 Å². The minimum absolute atomic E-state index is 0.0304. The van der Waals surface area contributed by atoms with E-state index in [-0.39, 0.29) is 12.2 Å². The van der Waals surface area contributed by atoms with E-state index in [4.69, 9.17) is 0 Å². The standard InChI is InChI=1S/C11H14O2/c12-10-6-2-1-3-5-4(2)8(10)9(5)11(13)7(3)6/h2-13H,1H2/t2-,3+,4-,5-,6+,7-,8+,9+,10+,11-/m0/s1. The van der Waals surface area contributed by atoms with E-state index in [0.717, 1.165) is 23.7 Å². The average Bonchev–Trinajstić information content (AvgIpc) is 2.52. The predicted octanol–water partition coefficient (Wildman–Crippen LogP) is 0.0959. The minimum atomic E-state index is -0.0304. The number of fused-ring (bicyclic) bond motifs is 2. The molecule has 5 aliphatic rings. The van der Waals surface area contributed by atoms with Crippen LogP contribution in [0.4, 0.5) is 0 Å². The largest absolute Gasteiger partial charge is 0.393 e. The van der Waals surface area contributed by atoms with Gasteiger partial charge in [0.2, 0.25) is 0 Å². The zero-order chi connectivity index (χ0) is 8.48. The Kier molecular flexibility index (Phi) is 0.733. The molecule has 0 aliphatic heterocycles. The van der Waals surface area contributed by atoms with Crippen LogP contribution in [-0.2, 0) is 0 Å². The summed E-state index contributed by atoms with van der Waals surface area (Å²) < 4.78 is 0. The van der Waals surface area contributed by atoms with Crippen molar-refractivity contribution < 1.29 is 10.2 Å². The second-order valence-corrected chi connectivity index (χ2v) is 6.01. The molecule has 2 N–H and O–H groups in total. The van der Waals surface area contributed by atoms with E-state index in [1.54, 1.807) is 0 Å². The molecule has 0 unspecified atom stereocenters. The van der Waals surface area contributed by atoms with Crippen molar-refractivity contribution in [3.05, 3.63) is 0 Å². The number of hydrogen-bond donors (Lipinski definition) is 2. The Bertz CT molecular complexity index is 281. The fourth-order valence-corrected chi connectivity index (χ4v) is 6.44. The van der Waals surface area contributed by atoms with Gasteiger partial charge in [-0.15, -0.1) is 0 Å². The van der Waals surface area contributed by atoms with Gasteiger partial charge in [0.1, 0.15) is 0 Å². The zero-order valence-corrected chi connectivity index (χ0v) is 7.38. The molecule has 2 heteroatoms. The summed E-state index contributed by atoms with van der Waals surface area (Å²) in [6.07, 6.45) is 1.28. The van der Waals surface area contributed by atoms with Gasteiger partial charge < -0.3 is 10.2 Å². The quantitative estimate of drug-likeness (QED) is 0.552. The molecule has 0 aromatic carbocycles. The zero-order valence-electron chi connectivity index (χ0n) is 7.38. The van der Waals surface area contributed by atoms with Crippen molar-refractivity contribution in [3.63, 3.8) is 0 Å². The SMILES string of the molecule is O[C@@H]1[C@H]2[C@@H]3[C@H](O)[C@@H]4[C@H]5C[C@H]([C@H]2[C@H]53)[C@H]14. The lowest BCUT2D eigenvalue weighted by molar-refractivity contribution is -0.109. The lowest BCUT2D eigenvalue weighted by atomic mass is 9.58. The monoisotopic (exact) mass is 178 g/mol. The first kappa shape index (κ1) is 6.41. The Morgan fingerprint density at radius 3 is 1.54 bits per heavy atom.